The lowest BCUT2D eigenvalue weighted by molar-refractivity contribution is 0.0731. The van der Waals surface area contributed by atoms with Gasteiger partial charge in [-0.2, -0.15) is 5.10 Å². The molecule has 2 aromatic heterocycles. The summed E-state index contributed by atoms with van der Waals surface area (Å²) >= 11 is 3.05. The first-order valence-electron chi connectivity index (χ1n) is 10.7. The SMILES string of the molecule is Cc1nc(C(=O)N2CSC[C@H]2CNC(=O)c2nn(C)c3ccccc23)c(-c2ccc(F)cc2)s1. The molecule has 0 spiro atoms. The van der Waals surface area contributed by atoms with Crippen molar-refractivity contribution in [2.24, 2.45) is 7.05 Å². The minimum Gasteiger partial charge on any atom is -0.349 e. The molecule has 1 saturated heterocycles. The average Bonchev–Trinajstić information content (AvgIpc) is 3.55. The summed E-state index contributed by atoms with van der Waals surface area (Å²) in [6.45, 7) is 2.17. The molecule has 2 amide bonds. The summed E-state index contributed by atoms with van der Waals surface area (Å²) in [7, 11) is 1.81. The van der Waals surface area contributed by atoms with Crippen molar-refractivity contribution in [2.75, 3.05) is 18.2 Å². The average molecular weight is 496 g/mol. The number of para-hydroxylation sites is 1. The van der Waals surface area contributed by atoms with E-state index in [9.17, 15) is 14.0 Å². The second-order valence-corrected chi connectivity index (χ2v) is 10.2. The Labute approximate surface area is 204 Å². The van der Waals surface area contributed by atoms with Gasteiger partial charge in [-0.3, -0.25) is 14.3 Å². The summed E-state index contributed by atoms with van der Waals surface area (Å²) in [5.41, 5.74) is 2.38. The first-order chi connectivity index (χ1) is 16.4. The van der Waals surface area contributed by atoms with Gasteiger partial charge in [-0.25, -0.2) is 9.37 Å². The number of aromatic nitrogens is 3. The molecule has 0 aliphatic carbocycles. The van der Waals surface area contributed by atoms with Crippen LogP contribution < -0.4 is 5.32 Å². The number of benzene rings is 2. The van der Waals surface area contributed by atoms with Crippen LogP contribution in [0.15, 0.2) is 48.5 Å². The fourth-order valence-corrected chi connectivity index (χ4v) is 6.17. The normalized spacial score (nSPS) is 15.7. The number of amides is 2. The van der Waals surface area contributed by atoms with Crippen LogP contribution >= 0.6 is 23.1 Å². The molecule has 10 heteroatoms. The first kappa shape index (κ1) is 22.5. The van der Waals surface area contributed by atoms with E-state index in [-0.39, 0.29) is 23.7 Å². The van der Waals surface area contributed by atoms with Crippen LogP contribution in [0.2, 0.25) is 0 Å². The highest BCUT2D eigenvalue weighted by Crippen LogP contribution is 2.33. The van der Waals surface area contributed by atoms with Crippen LogP contribution in [0.3, 0.4) is 0 Å². The Morgan fingerprint density at radius 2 is 1.91 bits per heavy atom. The lowest BCUT2D eigenvalue weighted by atomic mass is 10.1. The topological polar surface area (TPSA) is 80.1 Å². The Morgan fingerprint density at radius 1 is 1.15 bits per heavy atom. The van der Waals surface area contributed by atoms with Crippen LogP contribution in [0.25, 0.3) is 21.3 Å². The predicted molar refractivity (Wildman–Crippen MR) is 133 cm³/mol. The van der Waals surface area contributed by atoms with E-state index >= 15 is 0 Å². The van der Waals surface area contributed by atoms with Crippen molar-refractivity contribution in [3.8, 4) is 10.4 Å². The zero-order valence-electron chi connectivity index (χ0n) is 18.6. The largest absolute Gasteiger partial charge is 0.349 e. The van der Waals surface area contributed by atoms with E-state index in [2.05, 4.69) is 15.4 Å². The summed E-state index contributed by atoms with van der Waals surface area (Å²) in [6.07, 6.45) is 0. The number of nitrogens with zero attached hydrogens (tertiary/aromatic N) is 4. The summed E-state index contributed by atoms with van der Waals surface area (Å²) in [5, 5.41) is 8.89. The molecular formula is C24H22FN5O2S2. The molecular weight excluding hydrogens is 473 g/mol. The monoisotopic (exact) mass is 495 g/mol. The van der Waals surface area contributed by atoms with E-state index in [0.717, 1.165) is 26.4 Å². The van der Waals surface area contributed by atoms with Crippen LogP contribution in [-0.4, -0.2) is 55.7 Å². The van der Waals surface area contributed by atoms with Crippen molar-refractivity contribution in [3.05, 3.63) is 70.7 Å². The minimum atomic E-state index is -0.328. The van der Waals surface area contributed by atoms with Gasteiger partial charge >= 0.3 is 0 Å². The number of nitrogens with one attached hydrogen (secondary N) is 1. The van der Waals surface area contributed by atoms with Crippen molar-refractivity contribution in [3.63, 3.8) is 0 Å². The highest BCUT2D eigenvalue weighted by molar-refractivity contribution is 7.99. The molecule has 0 saturated carbocycles. The Balaban J connectivity index is 1.33. The summed E-state index contributed by atoms with van der Waals surface area (Å²) in [6, 6.07) is 13.5. The zero-order chi connectivity index (χ0) is 23.8. The fraction of sp³-hybridized carbons (Fsp3) is 0.250. The van der Waals surface area contributed by atoms with Crippen molar-refractivity contribution < 1.29 is 14.0 Å². The van der Waals surface area contributed by atoms with E-state index in [1.165, 1.54) is 23.5 Å². The van der Waals surface area contributed by atoms with E-state index in [1.807, 2.05) is 38.2 Å². The third-order valence-electron chi connectivity index (χ3n) is 5.76. The highest BCUT2D eigenvalue weighted by atomic mass is 32.2. The Hall–Kier alpha value is -3.24. The number of aryl methyl sites for hydroxylation is 2. The van der Waals surface area contributed by atoms with Crippen LogP contribution in [0, 0.1) is 12.7 Å². The number of halogens is 1. The number of carbonyl (C=O) groups excluding carboxylic acids is 2. The van der Waals surface area contributed by atoms with Gasteiger partial charge in [0.15, 0.2) is 5.69 Å². The molecule has 34 heavy (non-hydrogen) atoms. The van der Waals surface area contributed by atoms with Crippen LogP contribution in [0.4, 0.5) is 4.39 Å². The molecule has 7 nitrogen and oxygen atoms in total. The van der Waals surface area contributed by atoms with E-state index in [4.69, 9.17) is 0 Å². The van der Waals surface area contributed by atoms with Gasteiger partial charge in [0, 0.05) is 24.7 Å². The maximum atomic E-state index is 13.5. The molecule has 2 aromatic carbocycles. The molecule has 1 atom stereocenters. The Morgan fingerprint density at radius 3 is 2.71 bits per heavy atom. The maximum absolute atomic E-state index is 13.5. The van der Waals surface area contributed by atoms with Crippen molar-refractivity contribution in [2.45, 2.75) is 13.0 Å². The molecule has 1 fully saturated rings. The molecule has 5 rings (SSSR count). The standard InChI is InChI=1S/C24H22FN5O2S2/c1-14-27-21(22(34-14)15-7-9-16(25)10-8-15)24(32)30-13-33-12-17(30)11-26-23(31)20-18-5-3-4-6-19(18)29(2)28-20/h3-10,17H,11-13H2,1-2H3,(H,26,31)/t17-/m1/s1. The van der Waals surface area contributed by atoms with E-state index in [1.54, 1.807) is 33.5 Å². The molecule has 174 valence electrons. The summed E-state index contributed by atoms with van der Waals surface area (Å²) in [4.78, 5) is 33.4. The number of hydrogen-bond acceptors (Lipinski definition) is 6. The second-order valence-electron chi connectivity index (χ2n) is 8.05. The fourth-order valence-electron chi connectivity index (χ4n) is 4.06. The third-order valence-corrected chi connectivity index (χ3v) is 7.86. The zero-order valence-corrected chi connectivity index (χ0v) is 20.3. The van der Waals surface area contributed by atoms with E-state index < -0.39 is 0 Å². The molecule has 4 aromatic rings. The molecule has 0 radical (unpaired) electrons. The number of thiazole rings is 1. The van der Waals surface area contributed by atoms with Gasteiger partial charge < -0.3 is 10.2 Å². The smallest absolute Gasteiger partial charge is 0.275 e. The van der Waals surface area contributed by atoms with E-state index in [0.29, 0.717) is 29.6 Å². The molecule has 1 aliphatic rings. The number of thioether (sulfide) groups is 1. The van der Waals surface area contributed by atoms with Gasteiger partial charge in [0.05, 0.1) is 27.3 Å². The second kappa shape index (κ2) is 9.19. The van der Waals surface area contributed by atoms with Crippen molar-refractivity contribution in [1.82, 2.24) is 25.0 Å². The first-order valence-corrected chi connectivity index (χ1v) is 12.7. The molecule has 0 bridgehead atoms. The predicted octanol–water partition coefficient (Wildman–Crippen LogP) is 4.09. The van der Waals surface area contributed by atoms with Crippen LogP contribution in [0.5, 0.6) is 0 Å². The van der Waals surface area contributed by atoms with Gasteiger partial charge in [-0.1, -0.05) is 30.3 Å². The van der Waals surface area contributed by atoms with Crippen LogP contribution in [0.1, 0.15) is 26.0 Å². The minimum absolute atomic E-state index is 0.167. The lowest BCUT2D eigenvalue weighted by Crippen LogP contribution is -2.44. The quantitative estimate of drug-likeness (QED) is 0.451. The molecule has 1 aliphatic heterocycles. The van der Waals surface area contributed by atoms with Gasteiger partial charge in [0.1, 0.15) is 11.5 Å². The Kier molecular flexibility index (Phi) is 6.09. The molecule has 3 heterocycles. The summed E-state index contributed by atoms with van der Waals surface area (Å²) < 4.78 is 15.1. The van der Waals surface area contributed by atoms with Gasteiger partial charge in [0.25, 0.3) is 11.8 Å². The van der Waals surface area contributed by atoms with Crippen LogP contribution in [-0.2, 0) is 7.05 Å². The number of hydrogen-bond donors (Lipinski definition) is 1. The maximum Gasteiger partial charge on any atom is 0.275 e. The van der Waals surface area contributed by atoms with Gasteiger partial charge in [0.2, 0.25) is 0 Å². The van der Waals surface area contributed by atoms with Gasteiger partial charge in [-0.05, 0) is 30.7 Å². The Bertz CT molecular complexity index is 1380. The van der Waals surface area contributed by atoms with Crippen molar-refractivity contribution in [1.29, 1.82) is 0 Å². The molecule has 0 unspecified atom stereocenters. The van der Waals surface area contributed by atoms with Crippen molar-refractivity contribution >= 4 is 45.8 Å². The lowest BCUT2D eigenvalue weighted by Gasteiger charge is -2.23. The van der Waals surface area contributed by atoms with Gasteiger partial charge in [-0.15, -0.1) is 23.1 Å². The number of carbonyl (C=O) groups is 2. The highest BCUT2D eigenvalue weighted by Gasteiger charge is 2.33. The third kappa shape index (κ3) is 4.19. The number of fused-ring (bicyclic) bond motifs is 1. The molecule has 1 N–H and O–H groups in total. The summed E-state index contributed by atoms with van der Waals surface area (Å²) in [5.74, 6) is 0.453. The number of rotatable bonds is 5.